The molecule has 0 atom stereocenters. The first-order valence-electron chi connectivity index (χ1n) is 33.5. The van der Waals surface area contributed by atoms with Crippen molar-refractivity contribution in [1.82, 2.24) is 19.1 Å². The molecule has 0 bridgehead atoms. The van der Waals surface area contributed by atoms with E-state index in [2.05, 4.69) is 314 Å². The Labute approximate surface area is 550 Å². The van der Waals surface area contributed by atoms with Gasteiger partial charge in [0.2, 0.25) is 0 Å². The number of fused-ring (bicyclic) bond motifs is 19. The van der Waals surface area contributed by atoms with E-state index < -0.39 is 0 Å². The van der Waals surface area contributed by atoms with Crippen LogP contribution in [-0.4, -0.2) is 19.1 Å². The van der Waals surface area contributed by atoms with Crippen LogP contribution in [0.4, 0.5) is 0 Å². The van der Waals surface area contributed by atoms with Gasteiger partial charge >= 0.3 is 0 Å². The van der Waals surface area contributed by atoms with E-state index >= 15 is 0 Å². The van der Waals surface area contributed by atoms with Crippen molar-refractivity contribution >= 4 is 98.6 Å². The van der Waals surface area contributed by atoms with Crippen molar-refractivity contribution in [3.8, 4) is 54.5 Å². The monoisotopic (exact) mass is 1220 g/mol. The van der Waals surface area contributed by atoms with Crippen LogP contribution in [0, 0.1) is 0 Å². The Kier molecular flexibility index (Phi) is 11.9. The lowest BCUT2D eigenvalue weighted by Crippen LogP contribution is -2.14. The lowest BCUT2D eigenvalue weighted by Gasteiger charge is -2.21. The standard InChI is InChI=1S/C88H80N4S/c1-83(2,3)49-31-39-71-61(43-49)62-44-50(84(4,5)6)32-40-72(62)91(71)53-35-37-55-56-38-36-54(92-73-41-33-51(85(7,8)9)45-63(73)64-46-52(86(10,11)12)34-42-74(64)92)48-66(56)78-77(65(55)47-53)89-79-80(90-78)82(60-26-22-30-70-76(60)58-24-18-20-28-68(58)88(70,15)16)93-81(79)59-25-21-29-69-75(59)57-23-17-19-27-67(57)87(69,13)14/h17-48H,1-16H3. The van der Waals surface area contributed by atoms with Crippen molar-refractivity contribution in [2.75, 3.05) is 0 Å². The molecule has 15 aromatic rings. The summed E-state index contributed by atoms with van der Waals surface area (Å²) >= 11 is 1.87. The molecule has 93 heavy (non-hydrogen) atoms. The summed E-state index contributed by atoms with van der Waals surface area (Å²) < 4.78 is 5.00. The molecule has 0 radical (unpaired) electrons. The third kappa shape index (κ3) is 8.34. The number of hydrogen-bond donors (Lipinski definition) is 0. The highest BCUT2D eigenvalue weighted by molar-refractivity contribution is 7.21. The van der Waals surface area contributed by atoms with Crippen LogP contribution in [0.3, 0.4) is 0 Å². The van der Waals surface area contributed by atoms with E-state index in [1.807, 2.05) is 11.3 Å². The highest BCUT2D eigenvalue weighted by Crippen LogP contribution is 2.58. The molecular weight excluding hydrogens is 1150 g/mol. The van der Waals surface area contributed by atoms with Crippen LogP contribution < -0.4 is 0 Å². The molecule has 0 aliphatic heterocycles. The van der Waals surface area contributed by atoms with E-state index in [9.17, 15) is 0 Å². The summed E-state index contributed by atoms with van der Waals surface area (Å²) in [6.45, 7) is 37.4. The Morgan fingerprint density at radius 2 is 0.602 bits per heavy atom. The van der Waals surface area contributed by atoms with Crippen molar-refractivity contribution in [3.63, 3.8) is 0 Å². The second-order valence-electron chi connectivity index (χ2n) is 32.2. The minimum atomic E-state index is -0.190. The second kappa shape index (κ2) is 19.2. The molecule has 17 rings (SSSR count). The average molecular weight is 1230 g/mol. The largest absolute Gasteiger partial charge is 0.309 e. The summed E-state index contributed by atoms with van der Waals surface area (Å²) in [7, 11) is 0. The van der Waals surface area contributed by atoms with Gasteiger partial charge in [0.25, 0.3) is 0 Å². The first kappa shape index (κ1) is 57.7. The van der Waals surface area contributed by atoms with Gasteiger partial charge in [-0.25, -0.2) is 9.97 Å². The van der Waals surface area contributed by atoms with Gasteiger partial charge in [-0.05, 0) is 172 Å². The quantitative estimate of drug-likeness (QED) is 0.165. The molecule has 458 valence electrons. The molecule has 0 saturated heterocycles. The third-order valence-electron chi connectivity index (χ3n) is 21.6. The summed E-state index contributed by atoms with van der Waals surface area (Å²) in [5, 5.41) is 9.51. The Morgan fingerprint density at radius 3 is 0.935 bits per heavy atom. The number of hydrogen-bond acceptors (Lipinski definition) is 3. The van der Waals surface area contributed by atoms with Crippen LogP contribution in [0.1, 0.15) is 155 Å². The summed E-state index contributed by atoms with van der Waals surface area (Å²) in [6.07, 6.45) is 0. The number of rotatable bonds is 4. The van der Waals surface area contributed by atoms with Crippen molar-refractivity contribution in [1.29, 1.82) is 0 Å². The van der Waals surface area contributed by atoms with Gasteiger partial charge in [0, 0.05) is 65.6 Å². The number of benzene rings is 11. The van der Waals surface area contributed by atoms with Crippen molar-refractivity contribution < 1.29 is 0 Å². The molecule has 0 N–H and O–H groups in total. The SMILES string of the molecule is CC(C)(C)c1ccc2c(c1)c1cc(C(C)(C)C)ccc1n2-c1ccc2c3ccc(-n4c5ccc(C(C)(C)C)cc5c5cc(C(C)(C)C)ccc54)cc3c3nc4c(-c5cccc6c5-c5ccccc5C6(C)C)sc(-c5cccc6c5-c5ccccc5C6(C)C)c4nc3c2c1. The second-order valence-corrected chi connectivity index (χ2v) is 33.3. The van der Waals surface area contributed by atoms with Gasteiger partial charge in [-0.3, -0.25) is 0 Å². The Balaban J connectivity index is 1.02. The summed E-state index contributed by atoms with van der Waals surface area (Å²) in [4.78, 5) is 14.8. The van der Waals surface area contributed by atoms with E-state index in [0.29, 0.717) is 0 Å². The highest BCUT2D eigenvalue weighted by Gasteiger charge is 2.40. The van der Waals surface area contributed by atoms with Crippen LogP contribution in [0.25, 0.3) is 142 Å². The Bertz CT molecular complexity index is 5290. The first-order chi connectivity index (χ1) is 44.2. The van der Waals surface area contributed by atoms with Gasteiger partial charge in [0.15, 0.2) is 0 Å². The molecule has 0 fully saturated rings. The molecule has 11 aromatic carbocycles. The van der Waals surface area contributed by atoms with Gasteiger partial charge in [0.1, 0.15) is 11.0 Å². The molecule has 5 heteroatoms. The van der Waals surface area contributed by atoms with Crippen LogP contribution in [0.2, 0.25) is 0 Å². The normalized spacial score (nSPS) is 14.6. The average Bonchev–Trinajstić information content (AvgIpc) is 1.68. The fourth-order valence-electron chi connectivity index (χ4n) is 16.3. The fourth-order valence-corrected chi connectivity index (χ4v) is 17.5. The van der Waals surface area contributed by atoms with Crippen LogP contribution >= 0.6 is 11.3 Å². The lowest BCUT2D eigenvalue weighted by molar-refractivity contribution is 0.590. The minimum absolute atomic E-state index is 0.0222. The molecular formula is C88H80N4S. The van der Waals surface area contributed by atoms with Crippen molar-refractivity contribution in [2.24, 2.45) is 0 Å². The maximum Gasteiger partial charge on any atom is 0.109 e. The zero-order chi connectivity index (χ0) is 64.5. The number of nitrogens with zero attached hydrogens (tertiary/aromatic N) is 4. The molecule has 0 amide bonds. The zero-order valence-corrected chi connectivity index (χ0v) is 57.5. The van der Waals surface area contributed by atoms with Crippen LogP contribution in [0.5, 0.6) is 0 Å². The number of aromatic nitrogens is 4. The molecule has 0 spiro atoms. The number of thiophene rings is 1. The van der Waals surface area contributed by atoms with Gasteiger partial charge in [-0.15, -0.1) is 11.3 Å². The van der Waals surface area contributed by atoms with E-state index in [1.165, 1.54) is 122 Å². The summed E-state index contributed by atoms with van der Waals surface area (Å²) in [6, 6.07) is 75.0. The van der Waals surface area contributed by atoms with Gasteiger partial charge in [0.05, 0.1) is 42.9 Å². The summed E-state index contributed by atoms with van der Waals surface area (Å²) in [5.74, 6) is 0. The maximum atomic E-state index is 6.28. The van der Waals surface area contributed by atoms with Crippen LogP contribution in [-0.2, 0) is 32.5 Å². The molecule has 4 aromatic heterocycles. The van der Waals surface area contributed by atoms with E-state index in [4.69, 9.17) is 9.97 Å². The third-order valence-corrected chi connectivity index (χ3v) is 22.8. The predicted molar refractivity (Wildman–Crippen MR) is 399 cm³/mol. The Morgan fingerprint density at radius 1 is 0.290 bits per heavy atom. The minimum Gasteiger partial charge on any atom is -0.309 e. The smallest absolute Gasteiger partial charge is 0.109 e. The zero-order valence-electron chi connectivity index (χ0n) is 56.7. The molecule has 4 heterocycles. The maximum absolute atomic E-state index is 6.28. The summed E-state index contributed by atoms with van der Waals surface area (Å²) in [5.41, 5.74) is 28.4. The first-order valence-corrected chi connectivity index (χ1v) is 34.3. The molecule has 0 unspecified atom stereocenters. The van der Waals surface area contributed by atoms with Gasteiger partial charge < -0.3 is 9.13 Å². The van der Waals surface area contributed by atoms with Crippen molar-refractivity contribution in [2.45, 2.75) is 143 Å². The van der Waals surface area contributed by atoms with E-state index in [-0.39, 0.29) is 32.5 Å². The predicted octanol–water partition coefficient (Wildman–Crippen LogP) is 24.5. The van der Waals surface area contributed by atoms with E-state index in [0.717, 1.165) is 64.7 Å². The van der Waals surface area contributed by atoms with Crippen LogP contribution in [0.15, 0.2) is 194 Å². The molecule has 2 aliphatic rings. The van der Waals surface area contributed by atoms with Gasteiger partial charge in [-0.1, -0.05) is 232 Å². The van der Waals surface area contributed by atoms with E-state index in [1.54, 1.807) is 0 Å². The van der Waals surface area contributed by atoms with Gasteiger partial charge in [-0.2, -0.15) is 0 Å². The molecule has 4 nitrogen and oxygen atoms in total. The highest BCUT2D eigenvalue weighted by atomic mass is 32.1. The fraction of sp³-hybridized carbons (Fsp3) is 0.250. The lowest BCUT2D eigenvalue weighted by atomic mass is 9.82. The van der Waals surface area contributed by atoms with Crippen molar-refractivity contribution in [3.05, 3.63) is 239 Å². The topological polar surface area (TPSA) is 35.6 Å². The molecule has 0 saturated carbocycles. The Hall–Kier alpha value is -9.16. The molecule has 2 aliphatic carbocycles.